The number of halogens is 1. The van der Waals surface area contributed by atoms with E-state index in [0.29, 0.717) is 32.4 Å². The summed E-state index contributed by atoms with van der Waals surface area (Å²) in [5.74, 6) is 0.869. The molecule has 0 unspecified atom stereocenters. The minimum absolute atomic E-state index is 0. The van der Waals surface area contributed by atoms with Gasteiger partial charge in [0.1, 0.15) is 12.4 Å². The summed E-state index contributed by atoms with van der Waals surface area (Å²) in [6.07, 6.45) is 7.12. The molecule has 1 saturated carbocycles. The quantitative estimate of drug-likeness (QED) is 0.637. The Kier molecular flexibility index (Phi) is 11.1. The number of hydrogen-bond acceptors (Lipinski definition) is 4. The lowest BCUT2D eigenvalue weighted by Crippen LogP contribution is -2.40. The fourth-order valence-corrected chi connectivity index (χ4v) is 3.32. The fraction of sp³-hybridized carbons (Fsp3) is 0.700. The van der Waals surface area contributed by atoms with E-state index in [1.54, 1.807) is 0 Å². The molecule has 1 aliphatic carbocycles. The van der Waals surface area contributed by atoms with Gasteiger partial charge < -0.3 is 19.5 Å². The zero-order valence-corrected chi connectivity index (χ0v) is 16.5. The van der Waals surface area contributed by atoms with Crippen LogP contribution in [0.3, 0.4) is 0 Å². The highest BCUT2D eigenvalue weighted by molar-refractivity contribution is 5.85. The van der Waals surface area contributed by atoms with E-state index < -0.39 is 6.10 Å². The van der Waals surface area contributed by atoms with Gasteiger partial charge in [0, 0.05) is 12.6 Å². The zero-order chi connectivity index (χ0) is 17.2. The Morgan fingerprint density at radius 1 is 1.12 bits per heavy atom. The molecule has 0 aliphatic heterocycles. The van der Waals surface area contributed by atoms with E-state index in [-0.39, 0.29) is 12.4 Å². The van der Waals surface area contributed by atoms with Crippen LogP contribution in [0.4, 0.5) is 0 Å². The number of aliphatic hydroxyl groups is 1. The van der Waals surface area contributed by atoms with Crippen molar-refractivity contribution in [2.24, 2.45) is 0 Å². The number of rotatable bonds is 10. The number of aliphatic hydroxyl groups excluding tert-OH is 1. The molecule has 0 aromatic heterocycles. The lowest BCUT2D eigenvalue weighted by Gasteiger charge is -2.32. The third-order valence-corrected chi connectivity index (χ3v) is 4.84. The van der Waals surface area contributed by atoms with Gasteiger partial charge in [-0.05, 0) is 44.0 Å². The lowest BCUT2D eigenvalue weighted by atomic mass is 9.94. The topological polar surface area (TPSA) is 41.9 Å². The second-order valence-electron chi connectivity index (χ2n) is 6.81. The molecule has 2 rings (SSSR count). The molecule has 0 amide bonds. The summed E-state index contributed by atoms with van der Waals surface area (Å²) in [5.41, 5.74) is 1.31. The number of hydrogen-bond donors (Lipinski definition) is 1. The van der Waals surface area contributed by atoms with Crippen molar-refractivity contribution in [1.82, 2.24) is 4.90 Å². The fourth-order valence-electron chi connectivity index (χ4n) is 3.32. The van der Waals surface area contributed by atoms with Crippen LogP contribution >= 0.6 is 12.4 Å². The van der Waals surface area contributed by atoms with E-state index in [4.69, 9.17) is 9.47 Å². The molecule has 144 valence electrons. The van der Waals surface area contributed by atoms with Crippen LogP contribution in [0.25, 0.3) is 0 Å². The maximum Gasteiger partial charge on any atom is 0.119 e. The van der Waals surface area contributed by atoms with Gasteiger partial charge in [-0.2, -0.15) is 0 Å². The molecule has 1 aromatic rings. The first kappa shape index (κ1) is 22.2. The van der Waals surface area contributed by atoms with Crippen LogP contribution in [0.2, 0.25) is 0 Å². The van der Waals surface area contributed by atoms with Crippen LogP contribution in [-0.2, 0) is 11.2 Å². The van der Waals surface area contributed by atoms with Crippen molar-refractivity contribution in [1.29, 1.82) is 0 Å². The van der Waals surface area contributed by atoms with E-state index in [2.05, 4.69) is 31.0 Å². The normalized spacial score (nSPS) is 16.5. The highest BCUT2D eigenvalue weighted by Gasteiger charge is 2.19. The van der Waals surface area contributed by atoms with Gasteiger partial charge in [-0.15, -0.1) is 12.4 Å². The summed E-state index contributed by atoms with van der Waals surface area (Å²) in [6.45, 7) is 4.20. The average molecular weight is 372 g/mol. The summed E-state index contributed by atoms with van der Waals surface area (Å²) >= 11 is 0. The molecule has 0 heterocycles. The number of aryl methyl sites for hydroxylation is 1. The molecule has 1 fully saturated rings. The molecule has 0 bridgehead atoms. The molecule has 0 spiro atoms. The Morgan fingerprint density at radius 3 is 2.44 bits per heavy atom. The Bertz CT molecular complexity index is 449. The number of likely N-dealkylation sites (N-methyl/N-ethyl adjacent to an activating group) is 1. The summed E-state index contributed by atoms with van der Waals surface area (Å²) in [4.78, 5) is 2.29. The van der Waals surface area contributed by atoms with E-state index in [0.717, 1.165) is 12.2 Å². The Labute approximate surface area is 158 Å². The first-order chi connectivity index (χ1) is 11.7. The second-order valence-corrected chi connectivity index (χ2v) is 6.81. The van der Waals surface area contributed by atoms with Gasteiger partial charge in [0.15, 0.2) is 0 Å². The van der Waals surface area contributed by atoms with Gasteiger partial charge in [0.2, 0.25) is 0 Å². The van der Waals surface area contributed by atoms with Crippen molar-refractivity contribution < 1.29 is 14.6 Å². The highest BCUT2D eigenvalue weighted by atomic mass is 35.5. The minimum atomic E-state index is -0.430. The van der Waals surface area contributed by atoms with Crippen molar-refractivity contribution in [3.05, 3.63) is 29.8 Å². The summed E-state index contributed by atoms with van der Waals surface area (Å²) in [7, 11) is 2.11. The summed E-state index contributed by atoms with van der Waals surface area (Å²) < 4.78 is 11.2. The van der Waals surface area contributed by atoms with E-state index >= 15 is 0 Å². The van der Waals surface area contributed by atoms with Crippen LogP contribution in [-0.4, -0.2) is 55.6 Å². The molecule has 0 saturated heterocycles. The third kappa shape index (κ3) is 8.41. The predicted octanol–water partition coefficient (Wildman–Crippen LogP) is 3.69. The van der Waals surface area contributed by atoms with Crippen molar-refractivity contribution in [2.75, 3.05) is 33.4 Å². The molecule has 1 atom stereocenters. The first-order valence-corrected chi connectivity index (χ1v) is 9.37. The van der Waals surface area contributed by atoms with Crippen LogP contribution in [0.5, 0.6) is 5.75 Å². The minimum Gasteiger partial charge on any atom is -0.491 e. The van der Waals surface area contributed by atoms with Crippen molar-refractivity contribution in [3.8, 4) is 5.75 Å². The number of benzene rings is 1. The molecule has 1 aromatic carbocycles. The van der Waals surface area contributed by atoms with Crippen LogP contribution in [0.1, 0.15) is 44.6 Å². The average Bonchev–Trinajstić information content (AvgIpc) is 2.62. The van der Waals surface area contributed by atoms with Gasteiger partial charge in [-0.1, -0.05) is 38.3 Å². The largest absolute Gasteiger partial charge is 0.491 e. The van der Waals surface area contributed by atoms with Gasteiger partial charge in [0.25, 0.3) is 0 Å². The molecule has 5 heteroatoms. The van der Waals surface area contributed by atoms with E-state index in [1.165, 1.54) is 37.7 Å². The van der Waals surface area contributed by atoms with Crippen molar-refractivity contribution >= 4 is 12.4 Å². The van der Waals surface area contributed by atoms with Gasteiger partial charge in [-0.3, -0.25) is 0 Å². The molecule has 0 radical (unpaired) electrons. The Balaban J connectivity index is 0.00000312. The summed E-state index contributed by atoms with van der Waals surface area (Å²) in [6, 6.07) is 8.78. The van der Waals surface area contributed by atoms with Gasteiger partial charge in [-0.25, -0.2) is 0 Å². The molecule has 4 nitrogen and oxygen atoms in total. The lowest BCUT2D eigenvalue weighted by molar-refractivity contribution is 0.00326. The van der Waals surface area contributed by atoms with Crippen LogP contribution in [0.15, 0.2) is 24.3 Å². The molecule has 1 N–H and O–H groups in total. The second kappa shape index (κ2) is 12.5. The molecule has 1 aliphatic rings. The third-order valence-electron chi connectivity index (χ3n) is 4.84. The SMILES string of the molecule is CCc1ccc(OCCOC[C@H](O)CN(C)C2CCCCC2)cc1.Cl. The first-order valence-electron chi connectivity index (χ1n) is 9.37. The highest BCUT2D eigenvalue weighted by Crippen LogP contribution is 2.21. The predicted molar refractivity (Wildman–Crippen MR) is 105 cm³/mol. The van der Waals surface area contributed by atoms with E-state index in [9.17, 15) is 5.11 Å². The molecular weight excluding hydrogens is 338 g/mol. The van der Waals surface area contributed by atoms with Crippen LogP contribution in [0, 0.1) is 0 Å². The monoisotopic (exact) mass is 371 g/mol. The smallest absolute Gasteiger partial charge is 0.119 e. The number of nitrogens with zero attached hydrogens (tertiary/aromatic N) is 1. The maximum atomic E-state index is 10.1. The maximum absolute atomic E-state index is 10.1. The Morgan fingerprint density at radius 2 is 1.80 bits per heavy atom. The van der Waals surface area contributed by atoms with Crippen LogP contribution < -0.4 is 4.74 Å². The zero-order valence-electron chi connectivity index (χ0n) is 15.7. The Hall–Kier alpha value is -0.810. The molecular formula is C20H34ClNO3. The van der Waals surface area contributed by atoms with Crippen molar-refractivity contribution in [2.45, 2.75) is 57.6 Å². The summed E-state index contributed by atoms with van der Waals surface area (Å²) in [5, 5.41) is 10.1. The van der Waals surface area contributed by atoms with Gasteiger partial charge >= 0.3 is 0 Å². The van der Waals surface area contributed by atoms with Gasteiger partial charge in [0.05, 0.1) is 19.3 Å². The standard InChI is InChI=1S/C20H33NO3.ClH/c1-3-17-9-11-20(12-10-17)24-14-13-23-16-19(22)15-21(2)18-7-5-4-6-8-18;/h9-12,18-19,22H,3-8,13-16H2,1-2H3;1H/t19-;/m1./s1. The molecule has 25 heavy (non-hydrogen) atoms. The van der Waals surface area contributed by atoms with Crippen molar-refractivity contribution in [3.63, 3.8) is 0 Å². The number of ether oxygens (including phenoxy) is 2. The van der Waals surface area contributed by atoms with E-state index in [1.807, 2.05) is 12.1 Å².